The second kappa shape index (κ2) is 5.95. The molecule has 1 aliphatic rings. The summed E-state index contributed by atoms with van der Waals surface area (Å²) in [5.74, 6) is 1.25. The van der Waals surface area contributed by atoms with Crippen LogP contribution < -0.4 is 4.90 Å². The second-order valence-electron chi connectivity index (χ2n) is 6.08. The van der Waals surface area contributed by atoms with Gasteiger partial charge in [-0.1, -0.05) is 23.7 Å². The average Bonchev–Trinajstić information content (AvgIpc) is 3.16. The van der Waals surface area contributed by atoms with E-state index in [0.29, 0.717) is 18.0 Å². The number of hydrogen-bond acceptors (Lipinski definition) is 2. The Bertz CT molecular complexity index is 901. The standard InChI is InChI=1S/C19H18ClN3O/c1-2-22-17-6-4-3-5-16(17)21-19(22)13-11-18(24)23(12-13)15-9-7-14(20)8-10-15/h3-10,13H,2,11-12H2,1H3/t13-/m0/s1. The number of para-hydroxylation sites is 2. The van der Waals surface area contributed by atoms with Gasteiger partial charge in [0.1, 0.15) is 5.82 Å². The van der Waals surface area contributed by atoms with Crippen molar-refractivity contribution < 1.29 is 4.79 Å². The van der Waals surface area contributed by atoms with Crippen molar-refractivity contribution >= 4 is 34.2 Å². The van der Waals surface area contributed by atoms with E-state index in [1.54, 1.807) is 0 Å². The first-order valence-electron chi connectivity index (χ1n) is 8.18. The molecular weight excluding hydrogens is 322 g/mol. The Labute approximate surface area is 145 Å². The maximum absolute atomic E-state index is 12.5. The van der Waals surface area contributed by atoms with Gasteiger partial charge in [0, 0.05) is 36.1 Å². The average molecular weight is 340 g/mol. The van der Waals surface area contributed by atoms with Gasteiger partial charge in [0.05, 0.1) is 11.0 Å². The Morgan fingerprint density at radius 3 is 2.67 bits per heavy atom. The highest BCUT2D eigenvalue weighted by atomic mass is 35.5. The minimum atomic E-state index is 0.112. The first kappa shape index (κ1) is 15.2. The van der Waals surface area contributed by atoms with E-state index >= 15 is 0 Å². The number of hydrogen-bond donors (Lipinski definition) is 0. The van der Waals surface area contributed by atoms with Crippen LogP contribution in [0.4, 0.5) is 5.69 Å². The lowest BCUT2D eigenvalue weighted by molar-refractivity contribution is -0.117. The Hall–Kier alpha value is -2.33. The van der Waals surface area contributed by atoms with Crippen LogP contribution in [0.3, 0.4) is 0 Å². The van der Waals surface area contributed by atoms with Crippen molar-refractivity contribution in [2.75, 3.05) is 11.4 Å². The van der Waals surface area contributed by atoms with Crippen molar-refractivity contribution in [1.82, 2.24) is 9.55 Å². The van der Waals surface area contributed by atoms with Crippen LogP contribution in [0.1, 0.15) is 25.1 Å². The van der Waals surface area contributed by atoms with Crippen LogP contribution in [0, 0.1) is 0 Å². The molecule has 5 heteroatoms. The number of fused-ring (bicyclic) bond motifs is 1. The smallest absolute Gasteiger partial charge is 0.227 e. The molecule has 1 atom stereocenters. The molecule has 2 aromatic carbocycles. The van der Waals surface area contributed by atoms with Crippen LogP contribution >= 0.6 is 11.6 Å². The number of anilines is 1. The molecule has 0 unspecified atom stereocenters. The minimum absolute atomic E-state index is 0.112. The Kier molecular flexibility index (Phi) is 3.77. The lowest BCUT2D eigenvalue weighted by Crippen LogP contribution is -2.24. The second-order valence-corrected chi connectivity index (χ2v) is 6.52. The van der Waals surface area contributed by atoms with Crippen molar-refractivity contribution in [3.05, 3.63) is 59.4 Å². The largest absolute Gasteiger partial charge is 0.328 e. The van der Waals surface area contributed by atoms with Crippen molar-refractivity contribution in [2.24, 2.45) is 0 Å². The molecule has 0 radical (unpaired) electrons. The molecule has 2 heterocycles. The minimum Gasteiger partial charge on any atom is -0.328 e. The maximum atomic E-state index is 12.5. The molecule has 1 aromatic heterocycles. The molecule has 0 bridgehead atoms. The van der Waals surface area contributed by atoms with E-state index in [9.17, 15) is 4.79 Å². The quantitative estimate of drug-likeness (QED) is 0.716. The van der Waals surface area contributed by atoms with Crippen molar-refractivity contribution in [3.8, 4) is 0 Å². The van der Waals surface area contributed by atoms with Gasteiger partial charge in [-0.05, 0) is 43.3 Å². The van der Waals surface area contributed by atoms with Crippen LogP contribution in [-0.4, -0.2) is 22.0 Å². The molecule has 1 amide bonds. The normalized spacial score (nSPS) is 17.8. The van der Waals surface area contributed by atoms with E-state index < -0.39 is 0 Å². The molecule has 4 rings (SSSR count). The summed E-state index contributed by atoms with van der Waals surface area (Å²) < 4.78 is 2.22. The van der Waals surface area contributed by atoms with Gasteiger partial charge in [-0.15, -0.1) is 0 Å². The number of carbonyl (C=O) groups excluding carboxylic acids is 1. The van der Waals surface area contributed by atoms with Gasteiger partial charge in [-0.2, -0.15) is 0 Å². The summed E-state index contributed by atoms with van der Waals surface area (Å²) in [5.41, 5.74) is 3.02. The van der Waals surface area contributed by atoms with Crippen molar-refractivity contribution in [2.45, 2.75) is 25.8 Å². The molecule has 0 saturated carbocycles. The monoisotopic (exact) mass is 339 g/mol. The summed E-state index contributed by atoms with van der Waals surface area (Å²) in [5, 5.41) is 0.676. The summed E-state index contributed by atoms with van der Waals surface area (Å²) in [7, 11) is 0. The highest BCUT2D eigenvalue weighted by molar-refractivity contribution is 6.30. The first-order chi connectivity index (χ1) is 11.7. The molecule has 1 fully saturated rings. The van der Waals surface area contributed by atoms with E-state index in [2.05, 4.69) is 17.6 Å². The molecule has 4 nitrogen and oxygen atoms in total. The van der Waals surface area contributed by atoms with Crippen LogP contribution in [0.25, 0.3) is 11.0 Å². The number of amides is 1. The molecule has 1 saturated heterocycles. The number of nitrogens with zero attached hydrogens (tertiary/aromatic N) is 3. The van der Waals surface area contributed by atoms with Gasteiger partial charge in [-0.3, -0.25) is 4.79 Å². The van der Waals surface area contributed by atoms with Gasteiger partial charge in [-0.25, -0.2) is 4.98 Å². The molecule has 0 aliphatic carbocycles. The fraction of sp³-hybridized carbons (Fsp3) is 0.263. The van der Waals surface area contributed by atoms with Crippen LogP contribution in [0.5, 0.6) is 0 Å². The maximum Gasteiger partial charge on any atom is 0.227 e. The van der Waals surface area contributed by atoms with Gasteiger partial charge >= 0.3 is 0 Å². The number of benzene rings is 2. The molecule has 24 heavy (non-hydrogen) atoms. The molecule has 1 aliphatic heterocycles. The third-order valence-corrected chi connectivity index (χ3v) is 4.88. The highest BCUT2D eigenvalue weighted by Crippen LogP contribution is 2.33. The number of halogens is 1. The number of aryl methyl sites for hydroxylation is 1. The topological polar surface area (TPSA) is 38.1 Å². The Morgan fingerprint density at radius 2 is 1.92 bits per heavy atom. The molecule has 0 N–H and O–H groups in total. The zero-order valence-electron chi connectivity index (χ0n) is 13.4. The van der Waals surface area contributed by atoms with E-state index in [4.69, 9.17) is 16.6 Å². The summed E-state index contributed by atoms with van der Waals surface area (Å²) in [4.78, 5) is 19.2. The summed E-state index contributed by atoms with van der Waals surface area (Å²) in [6.45, 7) is 3.62. The highest BCUT2D eigenvalue weighted by Gasteiger charge is 2.34. The van der Waals surface area contributed by atoms with Crippen LogP contribution in [-0.2, 0) is 11.3 Å². The van der Waals surface area contributed by atoms with Gasteiger partial charge < -0.3 is 9.47 Å². The van der Waals surface area contributed by atoms with Gasteiger partial charge in [0.25, 0.3) is 0 Å². The van der Waals surface area contributed by atoms with Crippen LogP contribution in [0.15, 0.2) is 48.5 Å². The lowest BCUT2D eigenvalue weighted by Gasteiger charge is -2.17. The van der Waals surface area contributed by atoms with Crippen molar-refractivity contribution in [3.63, 3.8) is 0 Å². The Balaban J connectivity index is 1.69. The number of aromatic nitrogens is 2. The Morgan fingerprint density at radius 1 is 1.17 bits per heavy atom. The number of carbonyl (C=O) groups is 1. The van der Waals surface area contributed by atoms with Gasteiger partial charge in [0.2, 0.25) is 5.91 Å². The van der Waals surface area contributed by atoms with E-state index in [1.165, 1.54) is 0 Å². The molecule has 0 spiro atoms. The van der Waals surface area contributed by atoms with E-state index in [-0.39, 0.29) is 11.8 Å². The first-order valence-corrected chi connectivity index (χ1v) is 8.56. The zero-order chi connectivity index (χ0) is 16.7. The molecular formula is C19H18ClN3O. The summed E-state index contributed by atoms with van der Waals surface area (Å²) in [6, 6.07) is 15.6. The predicted molar refractivity (Wildman–Crippen MR) is 96.6 cm³/mol. The predicted octanol–water partition coefficient (Wildman–Crippen LogP) is 4.23. The fourth-order valence-electron chi connectivity index (χ4n) is 3.49. The third-order valence-electron chi connectivity index (χ3n) is 4.63. The number of imidazole rings is 1. The SMILES string of the molecule is CCn1c([C@H]2CC(=O)N(c3ccc(Cl)cc3)C2)nc2ccccc21. The zero-order valence-corrected chi connectivity index (χ0v) is 14.2. The molecule has 3 aromatic rings. The fourth-order valence-corrected chi connectivity index (χ4v) is 3.62. The van der Waals surface area contributed by atoms with E-state index in [1.807, 2.05) is 47.4 Å². The van der Waals surface area contributed by atoms with Gasteiger partial charge in [0.15, 0.2) is 0 Å². The lowest BCUT2D eigenvalue weighted by atomic mass is 10.1. The van der Waals surface area contributed by atoms with Crippen LogP contribution in [0.2, 0.25) is 5.02 Å². The summed E-state index contributed by atoms with van der Waals surface area (Å²) >= 11 is 5.95. The summed E-state index contributed by atoms with van der Waals surface area (Å²) in [6.07, 6.45) is 0.492. The number of rotatable bonds is 3. The third kappa shape index (κ3) is 2.47. The van der Waals surface area contributed by atoms with Crippen molar-refractivity contribution in [1.29, 1.82) is 0 Å². The van der Waals surface area contributed by atoms with E-state index in [0.717, 1.165) is 29.1 Å². The molecule has 122 valence electrons.